The molecule has 7 aliphatic rings. The largest absolute Gasteiger partial charge is 0.480 e. The number of carboxylic acid groups (broad SMARTS) is 2. The number of fused-ring (bicyclic) bond motifs is 7. The molecule has 67 heavy (non-hydrogen) atoms. The van der Waals surface area contributed by atoms with Gasteiger partial charge in [0.15, 0.2) is 24.5 Å². The molecule has 1 aromatic carbocycles. The van der Waals surface area contributed by atoms with Crippen molar-refractivity contribution in [1.82, 2.24) is 5.32 Å². The van der Waals surface area contributed by atoms with Crippen molar-refractivity contribution in [1.29, 1.82) is 0 Å². The van der Waals surface area contributed by atoms with Crippen molar-refractivity contribution in [3.63, 3.8) is 0 Å². The van der Waals surface area contributed by atoms with Gasteiger partial charge in [0.1, 0.15) is 36.6 Å². The van der Waals surface area contributed by atoms with Gasteiger partial charge in [-0.1, -0.05) is 91.3 Å². The number of carbonyl (C=O) groups excluding carboxylic acids is 1. The second kappa shape index (κ2) is 18.1. The number of hydrogen-bond acceptors (Lipinski definition) is 13. The van der Waals surface area contributed by atoms with Crippen molar-refractivity contribution in [3.8, 4) is 0 Å². The van der Waals surface area contributed by atoms with Crippen LogP contribution in [0.4, 0.5) is 0 Å². The summed E-state index contributed by atoms with van der Waals surface area (Å²) in [7, 11) is 0. The molecule has 6 fully saturated rings. The molecule has 0 bridgehead atoms. The highest BCUT2D eigenvalue weighted by atomic mass is 16.8. The number of rotatable bonds is 12. The van der Waals surface area contributed by atoms with Gasteiger partial charge in [0.25, 0.3) is 0 Å². The summed E-state index contributed by atoms with van der Waals surface area (Å²) in [5.41, 5.74) is 0.458. The van der Waals surface area contributed by atoms with Crippen LogP contribution in [-0.4, -0.2) is 134 Å². The van der Waals surface area contributed by atoms with Gasteiger partial charge in [0.05, 0.1) is 18.8 Å². The minimum atomic E-state index is -1.92. The summed E-state index contributed by atoms with van der Waals surface area (Å²) < 4.78 is 24.5. The molecule has 4 saturated carbocycles. The minimum absolute atomic E-state index is 0.0137. The molecule has 0 amide bonds. The van der Waals surface area contributed by atoms with Gasteiger partial charge in [-0.25, -0.2) is 4.79 Å². The molecule has 20 atom stereocenters. The minimum Gasteiger partial charge on any atom is -0.480 e. The number of benzene rings is 1. The van der Waals surface area contributed by atoms with Crippen molar-refractivity contribution in [2.75, 3.05) is 13.2 Å². The molecule has 1 aromatic rings. The SMILES string of the molecule is C[C@@H]1[C@@H](O)[C@H](O[C@H]2[C@@H](O[C@H]3CC[C@]4(C)[C@H]5C(=O)C=C6[C@@H]7C[C@@](C)(CN[C@@H](Cc8ccccc8)C(=O)O)CC[C@]7(C)CC[C@@]6(C)[C@]5(C)CC[C@H]4C3(C)C)O[C@H](C(=O)O)[C@@H](O)[C@@H]2O)O[C@H](CO)[C@H]1O. The molecule has 0 unspecified atom stereocenters. The summed E-state index contributed by atoms with van der Waals surface area (Å²) in [5.74, 6) is -3.13. The van der Waals surface area contributed by atoms with Crippen LogP contribution in [-0.2, 0) is 39.8 Å². The van der Waals surface area contributed by atoms with Crippen LogP contribution in [0.3, 0.4) is 0 Å². The fourth-order valence-electron chi connectivity index (χ4n) is 15.1. The number of aliphatic hydroxyl groups is 5. The van der Waals surface area contributed by atoms with E-state index in [0.717, 1.165) is 50.5 Å². The van der Waals surface area contributed by atoms with Gasteiger partial charge in [-0.3, -0.25) is 9.59 Å². The molecule has 15 nitrogen and oxygen atoms in total. The average molecular weight is 940 g/mol. The van der Waals surface area contributed by atoms with Crippen LogP contribution < -0.4 is 5.32 Å². The molecule has 15 heteroatoms. The standard InChI is InChI=1S/C52H77NO14/c1-27-36(56)33(25-54)64-45(37(27)57)67-41-39(59)38(58)40(44(62)63)66-46(41)65-35-15-16-50(6)34(47(35,2)3)14-17-52(8)42(50)32(55)23-29-30-24-48(4,18-19-49(30,5)20-21-51(29,52)7)26-53-31(43(60)61)22-28-12-10-9-11-13-28/h9-13,23,27,30-31,33-42,45-46,53-54,56-59H,14-22,24-26H2,1-8H3,(H,60,61)(H,62,63)/t27-,30-,31-,33+,34-,35-,36-,37+,38-,39-,40-,41+,42+,45-,46-,48-,49+,50-,51+,52+/m0/s1. The number of carbonyl (C=O) groups is 3. The van der Waals surface area contributed by atoms with Crippen molar-refractivity contribution in [2.45, 2.75) is 187 Å². The maximum Gasteiger partial charge on any atom is 0.335 e. The Morgan fingerprint density at radius 3 is 2.16 bits per heavy atom. The average Bonchev–Trinajstić information content (AvgIpc) is 3.27. The lowest BCUT2D eigenvalue weighted by atomic mass is 9.33. The van der Waals surface area contributed by atoms with Crippen LogP contribution in [0.1, 0.15) is 119 Å². The number of allylic oxidation sites excluding steroid dienone is 2. The van der Waals surface area contributed by atoms with Gasteiger partial charge >= 0.3 is 11.9 Å². The van der Waals surface area contributed by atoms with E-state index >= 15 is 4.79 Å². The monoisotopic (exact) mass is 940 g/mol. The van der Waals surface area contributed by atoms with E-state index < -0.39 is 103 Å². The van der Waals surface area contributed by atoms with E-state index in [1.807, 2.05) is 36.4 Å². The highest BCUT2D eigenvalue weighted by Crippen LogP contribution is 2.75. The predicted molar refractivity (Wildman–Crippen MR) is 244 cm³/mol. The number of aliphatic hydroxyl groups excluding tert-OH is 5. The fourth-order valence-corrected chi connectivity index (χ4v) is 15.1. The maximum absolute atomic E-state index is 15.2. The summed E-state index contributed by atoms with van der Waals surface area (Å²) in [6, 6.07) is 9.00. The molecule has 8 N–H and O–H groups in total. The summed E-state index contributed by atoms with van der Waals surface area (Å²) in [6.07, 6.45) is -4.44. The van der Waals surface area contributed by atoms with Gasteiger partial charge in [0.2, 0.25) is 0 Å². The molecule has 2 heterocycles. The van der Waals surface area contributed by atoms with Crippen LogP contribution in [0.5, 0.6) is 0 Å². The first-order chi connectivity index (χ1) is 31.3. The lowest BCUT2D eigenvalue weighted by Gasteiger charge is -2.70. The summed E-state index contributed by atoms with van der Waals surface area (Å²) in [4.78, 5) is 40.0. The predicted octanol–water partition coefficient (Wildman–Crippen LogP) is 4.63. The number of nitrogens with one attached hydrogen (secondary N) is 1. The van der Waals surface area contributed by atoms with E-state index in [-0.39, 0.29) is 45.2 Å². The molecular weight excluding hydrogens is 863 g/mol. The van der Waals surface area contributed by atoms with E-state index in [1.165, 1.54) is 5.57 Å². The first kappa shape index (κ1) is 50.6. The molecule has 0 aromatic heterocycles. The van der Waals surface area contributed by atoms with Crippen molar-refractivity contribution >= 4 is 17.7 Å². The van der Waals surface area contributed by atoms with Crippen molar-refractivity contribution < 1.29 is 69.1 Å². The van der Waals surface area contributed by atoms with Crippen LogP contribution in [0, 0.1) is 56.2 Å². The molecule has 8 rings (SSSR count). The number of ketones is 1. The zero-order valence-corrected chi connectivity index (χ0v) is 40.6. The quantitative estimate of drug-likeness (QED) is 0.133. The Labute approximate surface area is 395 Å². The van der Waals surface area contributed by atoms with Gasteiger partial charge in [-0.05, 0) is 120 Å². The molecule has 0 spiro atoms. The summed E-state index contributed by atoms with van der Waals surface area (Å²) in [5, 5.41) is 77.5. The number of carboxylic acids is 2. The molecular formula is C52H77NO14. The highest BCUT2D eigenvalue weighted by molar-refractivity contribution is 5.95. The summed E-state index contributed by atoms with van der Waals surface area (Å²) >= 11 is 0. The molecule has 374 valence electrons. The van der Waals surface area contributed by atoms with Gasteiger partial charge < -0.3 is 60.0 Å². The molecule has 2 aliphatic heterocycles. The first-order valence-corrected chi connectivity index (χ1v) is 24.8. The van der Waals surface area contributed by atoms with E-state index in [2.05, 4.69) is 53.8 Å². The maximum atomic E-state index is 15.2. The summed E-state index contributed by atoms with van der Waals surface area (Å²) in [6.45, 7) is 17.5. The van der Waals surface area contributed by atoms with Crippen LogP contribution in [0.15, 0.2) is 42.0 Å². The molecule has 0 radical (unpaired) electrons. The lowest BCUT2D eigenvalue weighted by Crippen LogP contribution is -2.68. The molecule has 2 saturated heterocycles. The van der Waals surface area contributed by atoms with Gasteiger partial charge in [-0.2, -0.15) is 0 Å². The van der Waals surface area contributed by atoms with E-state index in [1.54, 1.807) is 6.92 Å². The Bertz CT molecular complexity index is 2050. The van der Waals surface area contributed by atoms with E-state index in [9.17, 15) is 45.3 Å². The van der Waals surface area contributed by atoms with Gasteiger partial charge in [-0.15, -0.1) is 0 Å². The Balaban J connectivity index is 1.03. The Hall–Kier alpha value is -2.83. The second-order valence-electron chi connectivity index (χ2n) is 23.9. The lowest BCUT2D eigenvalue weighted by molar-refractivity contribution is -0.371. The normalized spacial score (nSPS) is 47.6. The fraction of sp³-hybridized carbons (Fsp3) is 0.788. The zero-order chi connectivity index (χ0) is 48.8. The number of hydrogen-bond donors (Lipinski definition) is 8. The van der Waals surface area contributed by atoms with Crippen LogP contribution in [0.2, 0.25) is 0 Å². The third-order valence-corrected chi connectivity index (χ3v) is 19.6. The smallest absolute Gasteiger partial charge is 0.335 e. The Kier molecular flexibility index (Phi) is 13.7. The second-order valence-corrected chi connectivity index (χ2v) is 23.9. The third-order valence-electron chi connectivity index (χ3n) is 19.6. The van der Waals surface area contributed by atoms with Crippen molar-refractivity contribution in [2.24, 2.45) is 56.2 Å². The number of ether oxygens (including phenoxy) is 4. The topological polar surface area (TPSA) is 242 Å². The Morgan fingerprint density at radius 1 is 0.821 bits per heavy atom. The van der Waals surface area contributed by atoms with E-state index in [0.29, 0.717) is 25.8 Å². The molecule has 5 aliphatic carbocycles. The highest BCUT2D eigenvalue weighted by Gasteiger charge is 2.70. The zero-order valence-electron chi connectivity index (χ0n) is 40.6. The number of aliphatic carboxylic acids is 2. The Morgan fingerprint density at radius 2 is 1.51 bits per heavy atom. The van der Waals surface area contributed by atoms with Crippen LogP contribution in [0.25, 0.3) is 0 Å². The van der Waals surface area contributed by atoms with E-state index in [4.69, 9.17) is 18.9 Å². The third kappa shape index (κ3) is 8.46. The van der Waals surface area contributed by atoms with Crippen molar-refractivity contribution in [3.05, 3.63) is 47.5 Å². The van der Waals surface area contributed by atoms with Crippen LogP contribution >= 0.6 is 0 Å². The van der Waals surface area contributed by atoms with Gasteiger partial charge in [0, 0.05) is 18.4 Å². The first-order valence-electron chi connectivity index (χ1n) is 24.8.